The van der Waals surface area contributed by atoms with Gasteiger partial charge in [0.2, 0.25) is 0 Å². The molecule has 2 N–H and O–H groups in total. The zero-order chi connectivity index (χ0) is 10.5. The van der Waals surface area contributed by atoms with Crippen LogP contribution in [0.4, 0.5) is 5.82 Å². The molecule has 1 aliphatic rings. The van der Waals surface area contributed by atoms with Crippen LogP contribution < -0.4 is 10.6 Å². The second-order valence-corrected chi connectivity index (χ2v) is 3.99. The molecular weight excluding hydrogens is 188 g/mol. The summed E-state index contributed by atoms with van der Waals surface area (Å²) in [6, 6.07) is 4.75. The molecule has 1 aromatic heterocycles. The molecule has 0 radical (unpaired) electrons. The van der Waals surface area contributed by atoms with Crippen LogP contribution in [0.15, 0.2) is 12.1 Å². The van der Waals surface area contributed by atoms with Crippen LogP contribution in [0.5, 0.6) is 0 Å². The molecule has 1 fully saturated rings. The summed E-state index contributed by atoms with van der Waals surface area (Å²) in [6.07, 6.45) is 3.72. The minimum atomic E-state index is 0.727. The van der Waals surface area contributed by atoms with Gasteiger partial charge in [-0.15, -0.1) is 5.10 Å². The first kappa shape index (κ1) is 10.4. The fourth-order valence-electron chi connectivity index (χ4n) is 1.34. The first-order chi connectivity index (χ1) is 7.38. The van der Waals surface area contributed by atoms with Crippen molar-refractivity contribution < 1.29 is 0 Å². The molecule has 1 aromatic rings. The van der Waals surface area contributed by atoms with Crippen LogP contribution in [0.25, 0.3) is 0 Å². The smallest absolute Gasteiger partial charge is 0.148 e. The molecule has 0 saturated heterocycles. The third-order valence-electron chi connectivity index (χ3n) is 2.43. The molecule has 0 unspecified atom stereocenters. The van der Waals surface area contributed by atoms with Crippen molar-refractivity contribution in [2.75, 3.05) is 11.9 Å². The summed E-state index contributed by atoms with van der Waals surface area (Å²) in [5.41, 5.74) is 1.02. The van der Waals surface area contributed by atoms with E-state index in [0.29, 0.717) is 0 Å². The maximum atomic E-state index is 4.16. The Labute approximate surface area is 90.5 Å². The van der Waals surface area contributed by atoms with E-state index in [4.69, 9.17) is 0 Å². The highest BCUT2D eigenvalue weighted by Crippen LogP contribution is 2.18. The van der Waals surface area contributed by atoms with E-state index in [-0.39, 0.29) is 0 Å². The summed E-state index contributed by atoms with van der Waals surface area (Å²) < 4.78 is 0. The van der Waals surface area contributed by atoms with Gasteiger partial charge in [0, 0.05) is 19.1 Å². The summed E-state index contributed by atoms with van der Waals surface area (Å²) in [4.78, 5) is 0. The molecule has 1 saturated carbocycles. The van der Waals surface area contributed by atoms with Crippen LogP contribution in [0.1, 0.15) is 31.9 Å². The van der Waals surface area contributed by atoms with E-state index in [0.717, 1.165) is 37.1 Å². The first-order valence-corrected chi connectivity index (χ1v) is 5.68. The first-order valence-electron chi connectivity index (χ1n) is 5.68. The molecule has 1 aliphatic carbocycles. The maximum Gasteiger partial charge on any atom is 0.148 e. The second-order valence-electron chi connectivity index (χ2n) is 3.99. The Morgan fingerprint density at radius 3 is 2.80 bits per heavy atom. The maximum absolute atomic E-state index is 4.16. The zero-order valence-electron chi connectivity index (χ0n) is 9.16. The Hall–Kier alpha value is -1.16. The number of hydrogen-bond acceptors (Lipinski definition) is 4. The van der Waals surface area contributed by atoms with Crippen LogP contribution in [-0.4, -0.2) is 22.8 Å². The Kier molecular flexibility index (Phi) is 3.50. The lowest BCUT2D eigenvalue weighted by atomic mass is 10.3. The van der Waals surface area contributed by atoms with E-state index in [1.54, 1.807) is 0 Å². The van der Waals surface area contributed by atoms with Crippen molar-refractivity contribution in [3.63, 3.8) is 0 Å². The molecule has 1 heterocycles. The van der Waals surface area contributed by atoms with E-state index in [1.807, 2.05) is 12.1 Å². The summed E-state index contributed by atoms with van der Waals surface area (Å²) >= 11 is 0. The average Bonchev–Trinajstić information content (AvgIpc) is 3.09. The summed E-state index contributed by atoms with van der Waals surface area (Å²) in [5, 5.41) is 14.9. The van der Waals surface area contributed by atoms with Crippen molar-refractivity contribution in [3.8, 4) is 0 Å². The molecule has 0 aliphatic heterocycles. The van der Waals surface area contributed by atoms with Crippen molar-refractivity contribution in [2.45, 2.75) is 38.8 Å². The van der Waals surface area contributed by atoms with Crippen molar-refractivity contribution in [1.29, 1.82) is 0 Å². The van der Waals surface area contributed by atoms with Crippen molar-refractivity contribution in [2.24, 2.45) is 0 Å². The second kappa shape index (κ2) is 5.07. The lowest BCUT2D eigenvalue weighted by molar-refractivity contribution is 0.665. The van der Waals surface area contributed by atoms with Crippen LogP contribution in [0, 0.1) is 0 Å². The van der Waals surface area contributed by atoms with E-state index in [1.165, 1.54) is 12.8 Å². The SMILES string of the molecule is CCCNc1ccc(CNC2CC2)nn1. The van der Waals surface area contributed by atoms with Crippen LogP contribution in [-0.2, 0) is 6.54 Å². The van der Waals surface area contributed by atoms with Gasteiger partial charge in [-0.2, -0.15) is 5.10 Å². The summed E-state index contributed by atoms with van der Waals surface area (Å²) in [7, 11) is 0. The fraction of sp³-hybridized carbons (Fsp3) is 0.636. The molecule has 15 heavy (non-hydrogen) atoms. The van der Waals surface area contributed by atoms with Gasteiger partial charge in [-0.3, -0.25) is 0 Å². The van der Waals surface area contributed by atoms with Gasteiger partial charge in [0.1, 0.15) is 5.82 Å². The van der Waals surface area contributed by atoms with Gasteiger partial charge >= 0.3 is 0 Å². The fourth-order valence-corrected chi connectivity index (χ4v) is 1.34. The third-order valence-corrected chi connectivity index (χ3v) is 2.43. The molecule has 4 nitrogen and oxygen atoms in total. The Morgan fingerprint density at radius 1 is 1.33 bits per heavy atom. The third kappa shape index (κ3) is 3.47. The minimum absolute atomic E-state index is 0.727. The molecular formula is C11H18N4. The number of hydrogen-bond donors (Lipinski definition) is 2. The number of aromatic nitrogens is 2. The summed E-state index contributed by atoms with van der Waals surface area (Å²) in [5.74, 6) is 0.868. The van der Waals surface area contributed by atoms with Gasteiger partial charge in [-0.25, -0.2) is 0 Å². The van der Waals surface area contributed by atoms with Gasteiger partial charge in [0.25, 0.3) is 0 Å². The summed E-state index contributed by atoms with van der Waals surface area (Å²) in [6.45, 7) is 3.93. The van der Waals surface area contributed by atoms with Crippen molar-refractivity contribution in [3.05, 3.63) is 17.8 Å². The molecule has 0 aromatic carbocycles. The predicted molar refractivity (Wildman–Crippen MR) is 60.7 cm³/mol. The molecule has 0 bridgehead atoms. The Bertz CT molecular complexity index is 292. The van der Waals surface area contributed by atoms with Gasteiger partial charge < -0.3 is 10.6 Å². The Morgan fingerprint density at radius 2 is 2.20 bits per heavy atom. The van der Waals surface area contributed by atoms with E-state index >= 15 is 0 Å². The van der Waals surface area contributed by atoms with E-state index < -0.39 is 0 Å². The molecule has 4 heteroatoms. The average molecular weight is 206 g/mol. The van der Waals surface area contributed by atoms with E-state index in [2.05, 4.69) is 27.8 Å². The Balaban J connectivity index is 1.79. The molecule has 0 amide bonds. The number of nitrogens with one attached hydrogen (secondary N) is 2. The molecule has 2 rings (SSSR count). The minimum Gasteiger partial charge on any atom is -0.369 e. The predicted octanol–water partition coefficient (Wildman–Crippen LogP) is 1.55. The van der Waals surface area contributed by atoms with Gasteiger partial charge in [0.05, 0.1) is 5.69 Å². The molecule has 0 atom stereocenters. The van der Waals surface area contributed by atoms with Gasteiger partial charge in [-0.05, 0) is 31.4 Å². The number of nitrogens with zero attached hydrogens (tertiary/aromatic N) is 2. The normalized spacial score (nSPS) is 15.3. The highest BCUT2D eigenvalue weighted by molar-refractivity contribution is 5.32. The molecule has 0 spiro atoms. The monoisotopic (exact) mass is 206 g/mol. The van der Waals surface area contributed by atoms with Crippen molar-refractivity contribution >= 4 is 5.82 Å². The van der Waals surface area contributed by atoms with E-state index in [9.17, 15) is 0 Å². The van der Waals surface area contributed by atoms with Gasteiger partial charge in [0.15, 0.2) is 0 Å². The zero-order valence-corrected chi connectivity index (χ0v) is 9.16. The number of rotatable bonds is 6. The lowest BCUT2D eigenvalue weighted by Crippen LogP contribution is -2.16. The lowest BCUT2D eigenvalue weighted by Gasteiger charge is -2.04. The van der Waals surface area contributed by atoms with Crippen LogP contribution in [0.3, 0.4) is 0 Å². The standard InChI is InChI=1S/C11H18N4/c1-2-7-12-11-6-5-10(14-15-11)8-13-9-3-4-9/h5-6,9,13H,2-4,7-8H2,1H3,(H,12,15). The van der Waals surface area contributed by atoms with Crippen LogP contribution in [0.2, 0.25) is 0 Å². The van der Waals surface area contributed by atoms with Gasteiger partial charge in [-0.1, -0.05) is 6.92 Å². The highest BCUT2D eigenvalue weighted by atomic mass is 15.2. The number of anilines is 1. The van der Waals surface area contributed by atoms with Crippen molar-refractivity contribution in [1.82, 2.24) is 15.5 Å². The molecule has 82 valence electrons. The highest BCUT2D eigenvalue weighted by Gasteiger charge is 2.20. The topological polar surface area (TPSA) is 49.8 Å². The largest absolute Gasteiger partial charge is 0.369 e. The van der Waals surface area contributed by atoms with Crippen LogP contribution >= 0.6 is 0 Å². The quantitative estimate of drug-likeness (QED) is 0.741.